The molecule has 3 heterocycles. The fourth-order valence-corrected chi connectivity index (χ4v) is 3.68. The van der Waals surface area contributed by atoms with Crippen LogP contribution in [0.5, 0.6) is 0 Å². The second-order valence-electron chi connectivity index (χ2n) is 5.61. The maximum atomic E-state index is 11.5. The highest BCUT2D eigenvalue weighted by atomic mass is 16.1. The number of nitrogens with one attached hydrogen (secondary N) is 1. The topological polar surface area (TPSA) is 34.0 Å². The van der Waals surface area contributed by atoms with Crippen LogP contribution in [0.3, 0.4) is 0 Å². The van der Waals surface area contributed by atoms with E-state index in [1.807, 2.05) is 0 Å². The van der Waals surface area contributed by atoms with Gasteiger partial charge in [-0.05, 0) is 39.5 Å². The van der Waals surface area contributed by atoms with E-state index in [4.69, 9.17) is 0 Å². The van der Waals surface area contributed by atoms with E-state index >= 15 is 0 Å². The molecule has 0 amide bonds. The third kappa shape index (κ3) is 1.93. The molecule has 0 radical (unpaired) electrons. The zero-order chi connectivity index (χ0) is 12.0. The first-order chi connectivity index (χ1) is 8.13. The molecule has 3 nitrogen and oxygen atoms in total. The molecule has 0 saturated carbocycles. The number of fused-ring (bicyclic) bond motifs is 2. The van der Waals surface area contributed by atoms with Gasteiger partial charge in [0.05, 0.1) is 0 Å². The Labute approximate surface area is 102 Å². The molecule has 0 aliphatic carbocycles. The molecule has 1 N–H and O–H groups in total. The van der Waals surface area contributed by atoms with Crippen molar-refractivity contribution in [2.75, 3.05) is 0 Å². The molecule has 2 aliphatic rings. The lowest BCUT2D eigenvalue weighted by atomic mass is 9.98. The van der Waals surface area contributed by atoms with Crippen molar-refractivity contribution in [3.05, 3.63) is 33.7 Å². The summed E-state index contributed by atoms with van der Waals surface area (Å²) in [5.74, 6) is 0. The van der Waals surface area contributed by atoms with Gasteiger partial charge in [-0.2, -0.15) is 0 Å². The molecule has 1 aromatic heterocycles. The predicted octanol–water partition coefficient (Wildman–Crippen LogP) is 1.92. The first-order valence-corrected chi connectivity index (χ1v) is 6.59. The molecule has 2 bridgehead atoms. The number of piperidine rings is 1. The maximum Gasteiger partial charge on any atom is 0.182 e. The molecule has 2 atom stereocenters. The number of aryl methyl sites for hydroxylation is 2. The molecule has 2 aliphatic heterocycles. The number of hydrogen-bond donors (Lipinski definition) is 1. The molecule has 0 aromatic carbocycles. The number of aromatic nitrogens is 1. The summed E-state index contributed by atoms with van der Waals surface area (Å²) in [6.07, 6.45) is 5.06. The molecule has 3 rings (SSSR count). The second-order valence-corrected chi connectivity index (χ2v) is 5.61. The molecule has 2 fully saturated rings. The van der Waals surface area contributed by atoms with Gasteiger partial charge in [-0.1, -0.05) is 0 Å². The first kappa shape index (κ1) is 11.0. The van der Waals surface area contributed by atoms with Crippen molar-refractivity contribution in [1.82, 2.24) is 9.88 Å². The lowest BCUT2D eigenvalue weighted by molar-refractivity contribution is 0.291. The number of nitrogens with zero attached hydrogens (tertiary/aromatic N) is 1. The molecule has 17 heavy (non-hydrogen) atoms. The third-order valence-corrected chi connectivity index (χ3v) is 4.28. The van der Waals surface area contributed by atoms with E-state index in [0.717, 1.165) is 11.4 Å². The molecule has 2 saturated heterocycles. The van der Waals surface area contributed by atoms with Crippen LogP contribution in [-0.2, 0) is 0 Å². The minimum absolute atomic E-state index is 0.133. The second kappa shape index (κ2) is 3.98. The van der Waals surface area contributed by atoms with Crippen molar-refractivity contribution in [3.63, 3.8) is 0 Å². The van der Waals surface area contributed by atoms with Gasteiger partial charge in [0, 0.05) is 41.6 Å². The summed E-state index contributed by atoms with van der Waals surface area (Å²) in [4.78, 5) is 11.5. The van der Waals surface area contributed by atoms with Crippen LogP contribution in [0.1, 0.15) is 43.1 Å². The van der Waals surface area contributed by atoms with Crippen molar-refractivity contribution < 1.29 is 0 Å². The van der Waals surface area contributed by atoms with Gasteiger partial charge in [0.2, 0.25) is 0 Å². The third-order valence-electron chi connectivity index (χ3n) is 4.28. The lowest BCUT2D eigenvalue weighted by Gasteiger charge is -2.33. The van der Waals surface area contributed by atoms with Crippen molar-refractivity contribution in [2.24, 2.45) is 0 Å². The summed E-state index contributed by atoms with van der Waals surface area (Å²) in [6, 6.07) is 5.48. The van der Waals surface area contributed by atoms with Gasteiger partial charge >= 0.3 is 0 Å². The van der Waals surface area contributed by atoms with E-state index in [1.165, 1.54) is 25.7 Å². The maximum absolute atomic E-state index is 11.5. The predicted molar refractivity (Wildman–Crippen MR) is 68.4 cm³/mol. The highest BCUT2D eigenvalue weighted by Gasteiger charge is 2.34. The molecule has 3 heteroatoms. The van der Waals surface area contributed by atoms with Gasteiger partial charge in [0.15, 0.2) is 5.43 Å². The van der Waals surface area contributed by atoms with Gasteiger partial charge in [0.25, 0.3) is 0 Å². The fourth-order valence-electron chi connectivity index (χ4n) is 3.68. The Morgan fingerprint density at radius 2 is 1.65 bits per heavy atom. The number of rotatable bonds is 1. The van der Waals surface area contributed by atoms with E-state index in [-0.39, 0.29) is 5.43 Å². The lowest BCUT2D eigenvalue weighted by Crippen LogP contribution is -2.39. The zero-order valence-corrected chi connectivity index (χ0v) is 10.6. The van der Waals surface area contributed by atoms with Crippen LogP contribution in [0.25, 0.3) is 0 Å². The van der Waals surface area contributed by atoms with Crippen molar-refractivity contribution in [3.8, 4) is 0 Å². The van der Waals surface area contributed by atoms with Crippen LogP contribution in [0, 0.1) is 13.8 Å². The van der Waals surface area contributed by atoms with Crippen molar-refractivity contribution in [2.45, 2.75) is 57.7 Å². The summed E-state index contributed by atoms with van der Waals surface area (Å²) in [7, 11) is 0. The van der Waals surface area contributed by atoms with E-state index in [2.05, 4.69) is 23.7 Å². The molecular formula is C14H20N2O. The van der Waals surface area contributed by atoms with E-state index in [0.29, 0.717) is 18.1 Å². The minimum Gasteiger partial charge on any atom is -0.346 e. The minimum atomic E-state index is 0.133. The monoisotopic (exact) mass is 232 g/mol. The Morgan fingerprint density at radius 1 is 1.12 bits per heavy atom. The fraction of sp³-hybridized carbons (Fsp3) is 0.643. The standard InChI is InChI=1S/C14H20N2O/c1-9-5-14(17)6-10(2)16(9)13-7-11-3-4-12(8-13)15-11/h5-6,11-13,15H,3-4,7-8H2,1-2H3. The molecule has 2 unspecified atom stereocenters. The SMILES string of the molecule is Cc1cc(=O)cc(C)n1C1CC2CCC(C1)N2. The van der Waals surface area contributed by atoms with E-state index < -0.39 is 0 Å². The Balaban J connectivity index is 1.96. The van der Waals surface area contributed by atoms with E-state index in [1.54, 1.807) is 12.1 Å². The summed E-state index contributed by atoms with van der Waals surface area (Å²) in [6.45, 7) is 4.11. The van der Waals surface area contributed by atoms with Gasteiger partial charge in [-0.3, -0.25) is 4.79 Å². The smallest absolute Gasteiger partial charge is 0.182 e. The van der Waals surface area contributed by atoms with Crippen LogP contribution in [0.2, 0.25) is 0 Å². The summed E-state index contributed by atoms with van der Waals surface area (Å²) < 4.78 is 2.37. The Bertz CT molecular complexity index is 453. The highest BCUT2D eigenvalue weighted by Crippen LogP contribution is 2.34. The van der Waals surface area contributed by atoms with Gasteiger partial charge in [-0.25, -0.2) is 0 Å². The van der Waals surface area contributed by atoms with Crippen LogP contribution in [-0.4, -0.2) is 16.7 Å². The summed E-state index contributed by atoms with van der Waals surface area (Å²) in [5, 5.41) is 3.67. The average molecular weight is 232 g/mol. The quantitative estimate of drug-likeness (QED) is 0.802. The highest BCUT2D eigenvalue weighted by molar-refractivity contribution is 5.14. The normalized spacial score (nSPS) is 31.8. The van der Waals surface area contributed by atoms with Crippen molar-refractivity contribution in [1.29, 1.82) is 0 Å². The number of hydrogen-bond acceptors (Lipinski definition) is 2. The molecule has 92 valence electrons. The molecule has 1 aromatic rings. The zero-order valence-electron chi connectivity index (χ0n) is 10.6. The Hall–Kier alpha value is -1.09. The van der Waals surface area contributed by atoms with Crippen molar-refractivity contribution >= 4 is 0 Å². The van der Waals surface area contributed by atoms with Crippen LogP contribution >= 0.6 is 0 Å². The van der Waals surface area contributed by atoms with Crippen LogP contribution < -0.4 is 10.7 Å². The van der Waals surface area contributed by atoms with Crippen LogP contribution in [0.4, 0.5) is 0 Å². The summed E-state index contributed by atoms with van der Waals surface area (Å²) in [5.41, 5.74) is 2.36. The average Bonchev–Trinajstić information content (AvgIpc) is 2.56. The van der Waals surface area contributed by atoms with Crippen LogP contribution in [0.15, 0.2) is 16.9 Å². The Kier molecular flexibility index (Phi) is 2.58. The van der Waals surface area contributed by atoms with Gasteiger partial charge < -0.3 is 9.88 Å². The Morgan fingerprint density at radius 3 is 2.18 bits per heavy atom. The number of pyridine rings is 1. The van der Waals surface area contributed by atoms with E-state index in [9.17, 15) is 4.79 Å². The largest absolute Gasteiger partial charge is 0.346 e. The molecule has 0 spiro atoms. The van der Waals surface area contributed by atoms with Gasteiger partial charge in [-0.15, -0.1) is 0 Å². The van der Waals surface area contributed by atoms with Gasteiger partial charge in [0.1, 0.15) is 0 Å². The summed E-state index contributed by atoms with van der Waals surface area (Å²) >= 11 is 0. The molecular weight excluding hydrogens is 212 g/mol. The first-order valence-electron chi connectivity index (χ1n) is 6.59.